The molecule has 0 saturated heterocycles. The van der Waals surface area contributed by atoms with E-state index < -0.39 is 0 Å². The first-order valence-electron chi connectivity index (χ1n) is 4.69. The molecule has 4 nitrogen and oxygen atoms in total. The number of hydrogen-bond acceptors (Lipinski definition) is 3. The second-order valence-electron chi connectivity index (χ2n) is 3.22. The monoisotopic (exact) mass is 282 g/mol. The van der Waals surface area contributed by atoms with Gasteiger partial charge in [0.25, 0.3) is 0 Å². The van der Waals surface area contributed by atoms with Crippen LogP contribution in [0.5, 0.6) is 17.5 Å². The minimum absolute atomic E-state index is 0.547. The minimum atomic E-state index is 0.547. The zero-order valence-electron chi connectivity index (χ0n) is 8.98. The van der Waals surface area contributed by atoms with Gasteiger partial charge in [-0.05, 0) is 34.1 Å². The molecule has 84 valence electrons. The molecule has 0 aliphatic carbocycles. The number of ether oxygens (including phenoxy) is 2. The molecule has 0 atom stereocenters. The van der Waals surface area contributed by atoms with Gasteiger partial charge in [0.05, 0.1) is 11.6 Å². The molecule has 1 aromatic carbocycles. The van der Waals surface area contributed by atoms with E-state index >= 15 is 0 Å². The van der Waals surface area contributed by atoms with Crippen LogP contribution in [0.25, 0.3) is 0 Å². The number of methoxy groups -OCH3 is 1. The average molecular weight is 283 g/mol. The molecule has 0 bridgehead atoms. The first-order valence-corrected chi connectivity index (χ1v) is 5.48. The smallest absolute Gasteiger partial charge is 0.301 e. The molecule has 0 aliphatic heterocycles. The predicted molar refractivity (Wildman–Crippen MR) is 64.0 cm³/mol. The first-order chi connectivity index (χ1) is 7.70. The molecule has 2 rings (SSSR count). The van der Waals surface area contributed by atoms with Gasteiger partial charge in [-0.25, -0.2) is 4.98 Å². The van der Waals surface area contributed by atoms with Crippen molar-refractivity contribution in [2.45, 2.75) is 0 Å². The highest BCUT2D eigenvalue weighted by Gasteiger charge is 2.07. The number of aryl methyl sites for hydroxylation is 1. The molecule has 0 saturated carbocycles. The molecule has 0 spiro atoms. The standard InChI is InChI=1S/C11H11BrN2O2/c1-14-6-5-13-11(14)16-10-4-3-8(15-2)7-9(10)12/h3-7H,1-2H3. The molecule has 5 heteroatoms. The number of benzene rings is 1. The molecular formula is C11H11BrN2O2. The van der Waals surface area contributed by atoms with Crippen molar-refractivity contribution in [2.24, 2.45) is 7.05 Å². The van der Waals surface area contributed by atoms with Gasteiger partial charge in [-0.15, -0.1) is 0 Å². The van der Waals surface area contributed by atoms with E-state index in [0.717, 1.165) is 10.2 Å². The van der Waals surface area contributed by atoms with Crippen LogP contribution in [0.3, 0.4) is 0 Å². The molecule has 2 aromatic rings. The first kappa shape index (κ1) is 11.0. The molecule has 0 radical (unpaired) electrons. The summed E-state index contributed by atoms with van der Waals surface area (Å²) in [5.41, 5.74) is 0. The summed E-state index contributed by atoms with van der Waals surface area (Å²) >= 11 is 3.42. The molecule has 0 aliphatic rings. The van der Waals surface area contributed by atoms with E-state index in [9.17, 15) is 0 Å². The molecule has 1 aromatic heterocycles. The maximum atomic E-state index is 5.63. The molecular weight excluding hydrogens is 272 g/mol. The van der Waals surface area contributed by atoms with Gasteiger partial charge >= 0.3 is 6.01 Å². The van der Waals surface area contributed by atoms with Crippen LogP contribution in [0.2, 0.25) is 0 Å². The Balaban J connectivity index is 2.25. The Kier molecular flexibility index (Phi) is 3.14. The van der Waals surface area contributed by atoms with Crippen molar-refractivity contribution in [1.82, 2.24) is 9.55 Å². The van der Waals surface area contributed by atoms with Gasteiger partial charge in [0.1, 0.15) is 11.5 Å². The Bertz CT molecular complexity index is 496. The lowest BCUT2D eigenvalue weighted by Gasteiger charge is -2.08. The van der Waals surface area contributed by atoms with E-state index in [2.05, 4.69) is 20.9 Å². The fourth-order valence-electron chi connectivity index (χ4n) is 1.24. The van der Waals surface area contributed by atoms with Crippen molar-refractivity contribution in [3.8, 4) is 17.5 Å². The number of hydrogen-bond donors (Lipinski definition) is 0. The summed E-state index contributed by atoms with van der Waals surface area (Å²) in [5, 5.41) is 0. The van der Waals surface area contributed by atoms with E-state index in [1.54, 1.807) is 17.9 Å². The van der Waals surface area contributed by atoms with Crippen LogP contribution in [0.1, 0.15) is 0 Å². The van der Waals surface area contributed by atoms with Crippen molar-refractivity contribution in [3.63, 3.8) is 0 Å². The minimum Gasteiger partial charge on any atom is -0.497 e. The third-order valence-corrected chi connectivity index (χ3v) is 2.74. The lowest BCUT2D eigenvalue weighted by atomic mass is 10.3. The van der Waals surface area contributed by atoms with Crippen LogP contribution in [-0.4, -0.2) is 16.7 Å². The third kappa shape index (κ3) is 2.19. The van der Waals surface area contributed by atoms with E-state index in [0.29, 0.717) is 11.8 Å². The second-order valence-corrected chi connectivity index (χ2v) is 4.07. The van der Waals surface area contributed by atoms with E-state index in [-0.39, 0.29) is 0 Å². The molecule has 0 N–H and O–H groups in total. The summed E-state index contributed by atoms with van der Waals surface area (Å²) in [6, 6.07) is 6.06. The Labute approximate surface area is 102 Å². The van der Waals surface area contributed by atoms with Gasteiger partial charge in [-0.1, -0.05) is 0 Å². The van der Waals surface area contributed by atoms with Crippen LogP contribution in [0, 0.1) is 0 Å². The van der Waals surface area contributed by atoms with Crippen molar-refractivity contribution in [1.29, 1.82) is 0 Å². The zero-order chi connectivity index (χ0) is 11.5. The van der Waals surface area contributed by atoms with Gasteiger partial charge in [0, 0.05) is 19.4 Å². The number of imidazole rings is 1. The number of rotatable bonds is 3. The summed E-state index contributed by atoms with van der Waals surface area (Å²) in [4.78, 5) is 4.08. The van der Waals surface area contributed by atoms with Gasteiger partial charge < -0.3 is 14.0 Å². The van der Waals surface area contributed by atoms with Crippen LogP contribution < -0.4 is 9.47 Å². The third-order valence-electron chi connectivity index (χ3n) is 2.12. The van der Waals surface area contributed by atoms with E-state index in [1.807, 2.05) is 31.4 Å². The Morgan fingerprint density at radius 3 is 2.75 bits per heavy atom. The van der Waals surface area contributed by atoms with Crippen molar-refractivity contribution >= 4 is 15.9 Å². The highest BCUT2D eigenvalue weighted by atomic mass is 79.9. The Hall–Kier alpha value is -1.49. The zero-order valence-corrected chi connectivity index (χ0v) is 10.6. The number of nitrogens with zero attached hydrogens (tertiary/aromatic N) is 2. The van der Waals surface area contributed by atoms with Gasteiger partial charge in [-0.2, -0.15) is 0 Å². The summed E-state index contributed by atoms with van der Waals surface area (Å²) in [6.45, 7) is 0. The molecule has 0 fully saturated rings. The van der Waals surface area contributed by atoms with Crippen LogP contribution in [-0.2, 0) is 7.05 Å². The largest absolute Gasteiger partial charge is 0.497 e. The van der Waals surface area contributed by atoms with Gasteiger partial charge in [0.2, 0.25) is 0 Å². The van der Waals surface area contributed by atoms with Crippen molar-refractivity contribution in [2.75, 3.05) is 7.11 Å². The topological polar surface area (TPSA) is 36.3 Å². The Morgan fingerprint density at radius 1 is 1.38 bits per heavy atom. The summed E-state index contributed by atoms with van der Waals surface area (Å²) in [5.74, 6) is 1.48. The number of halogens is 1. The Morgan fingerprint density at radius 2 is 2.19 bits per heavy atom. The normalized spacial score (nSPS) is 10.2. The second kappa shape index (κ2) is 4.57. The average Bonchev–Trinajstić information content (AvgIpc) is 2.67. The number of aromatic nitrogens is 2. The van der Waals surface area contributed by atoms with Gasteiger partial charge in [0.15, 0.2) is 0 Å². The lowest BCUT2D eigenvalue weighted by Crippen LogP contribution is -1.94. The summed E-state index contributed by atoms with van der Waals surface area (Å²) < 4.78 is 13.4. The summed E-state index contributed by atoms with van der Waals surface area (Å²) in [7, 11) is 3.50. The van der Waals surface area contributed by atoms with E-state index in [4.69, 9.17) is 9.47 Å². The summed E-state index contributed by atoms with van der Waals surface area (Å²) in [6.07, 6.45) is 3.51. The SMILES string of the molecule is COc1ccc(Oc2nccn2C)c(Br)c1. The van der Waals surface area contributed by atoms with Crippen LogP contribution >= 0.6 is 15.9 Å². The fourth-order valence-corrected chi connectivity index (χ4v) is 1.68. The highest BCUT2D eigenvalue weighted by Crippen LogP contribution is 2.31. The predicted octanol–water partition coefficient (Wildman–Crippen LogP) is 2.98. The molecule has 1 heterocycles. The van der Waals surface area contributed by atoms with Crippen molar-refractivity contribution < 1.29 is 9.47 Å². The molecule has 0 unspecified atom stereocenters. The fraction of sp³-hybridized carbons (Fsp3) is 0.182. The highest BCUT2D eigenvalue weighted by molar-refractivity contribution is 9.10. The molecule has 16 heavy (non-hydrogen) atoms. The van der Waals surface area contributed by atoms with Crippen LogP contribution in [0.4, 0.5) is 0 Å². The van der Waals surface area contributed by atoms with Crippen molar-refractivity contribution in [3.05, 3.63) is 35.1 Å². The maximum absolute atomic E-state index is 5.63. The van der Waals surface area contributed by atoms with Crippen LogP contribution in [0.15, 0.2) is 35.1 Å². The lowest BCUT2D eigenvalue weighted by molar-refractivity contribution is 0.406. The maximum Gasteiger partial charge on any atom is 0.301 e. The quantitative estimate of drug-likeness (QED) is 0.868. The van der Waals surface area contributed by atoms with Gasteiger partial charge in [-0.3, -0.25) is 0 Å². The van der Waals surface area contributed by atoms with E-state index in [1.165, 1.54) is 0 Å². The molecule has 0 amide bonds.